The van der Waals surface area contributed by atoms with E-state index in [9.17, 15) is 14.4 Å². The van der Waals surface area contributed by atoms with Gasteiger partial charge in [0.15, 0.2) is 6.61 Å². The van der Waals surface area contributed by atoms with Crippen LogP contribution in [0.5, 0.6) is 11.5 Å². The Kier molecular flexibility index (Phi) is 6.97. The average Bonchev–Trinajstić information content (AvgIpc) is 3.09. The molecule has 2 aliphatic rings. The number of hydrogen-bond donors (Lipinski definition) is 1. The number of benzene rings is 1. The number of esters is 1. The highest BCUT2D eigenvalue weighted by Crippen LogP contribution is 2.35. The maximum atomic E-state index is 12.2. The molecule has 0 aliphatic carbocycles. The maximum Gasteiger partial charge on any atom is 0.331 e. The van der Waals surface area contributed by atoms with E-state index < -0.39 is 5.97 Å². The minimum Gasteiger partial charge on any atom is -0.493 e. The van der Waals surface area contributed by atoms with Crippen molar-refractivity contribution in [2.75, 3.05) is 26.3 Å². The molecule has 0 saturated carbocycles. The number of primary amides is 1. The predicted molar refractivity (Wildman–Crippen MR) is 110 cm³/mol. The van der Waals surface area contributed by atoms with Crippen molar-refractivity contribution >= 4 is 23.9 Å². The van der Waals surface area contributed by atoms with Crippen LogP contribution in [0.1, 0.15) is 37.8 Å². The molecule has 0 radical (unpaired) electrons. The zero-order chi connectivity index (χ0) is 21.7. The Bertz CT molecular complexity index is 842. The van der Waals surface area contributed by atoms with E-state index in [1.54, 1.807) is 11.0 Å². The number of carbonyl (C=O) groups is 3. The molecule has 1 atom stereocenters. The minimum absolute atomic E-state index is 0.109. The second-order valence-electron chi connectivity index (χ2n) is 7.56. The molecular formula is C22H28N2O6. The first kappa shape index (κ1) is 21.7. The molecule has 0 spiro atoms. The Morgan fingerprint density at radius 1 is 1.27 bits per heavy atom. The highest BCUT2D eigenvalue weighted by atomic mass is 16.5. The molecule has 0 bridgehead atoms. The first-order chi connectivity index (χ1) is 14.4. The molecule has 1 saturated heterocycles. The van der Waals surface area contributed by atoms with Crippen molar-refractivity contribution in [1.82, 2.24) is 4.90 Å². The van der Waals surface area contributed by atoms with Crippen LogP contribution in [0.25, 0.3) is 6.08 Å². The smallest absolute Gasteiger partial charge is 0.331 e. The van der Waals surface area contributed by atoms with Gasteiger partial charge >= 0.3 is 5.97 Å². The summed E-state index contributed by atoms with van der Waals surface area (Å²) in [7, 11) is 0. The number of hydrogen-bond acceptors (Lipinski definition) is 6. The van der Waals surface area contributed by atoms with Crippen LogP contribution < -0.4 is 15.2 Å². The fourth-order valence-electron chi connectivity index (χ4n) is 3.71. The second kappa shape index (κ2) is 9.65. The Morgan fingerprint density at radius 2 is 2.00 bits per heavy atom. The fourth-order valence-corrected chi connectivity index (χ4v) is 3.71. The molecule has 30 heavy (non-hydrogen) atoms. The number of fused-ring (bicyclic) bond motifs is 1. The SMILES string of the molecule is CCOc1cc2c(cc1/C=C/C(=O)OCC(=O)N1CCC(C(N)=O)CC1)O[C@H](C)C2. The summed E-state index contributed by atoms with van der Waals surface area (Å²) in [5.74, 6) is 0.0250. The summed E-state index contributed by atoms with van der Waals surface area (Å²) >= 11 is 0. The molecule has 162 valence electrons. The predicted octanol–water partition coefficient (Wildman–Crippen LogP) is 1.69. The van der Waals surface area contributed by atoms with Crippen LogP contribution in [0.2, 0.25) is 0 Å². The Hall–Kier alpha value is -3.03. The average molecular weight is 416 g/mol. The molecule has 2 N–H and O–H groups in total. The number of carbonyl (C=O) groups excluding carboxylic acids is 3. The van der Waals surface area contributed by atoms with E-state index in [4.69, 9.17) is 19.9 Å². The second-order valence-corrected chi connectivity index (χ2v) is 7.56. The van der Waals surface area contributed by atoms with E-state index in [2.05, 4.69) is 0 Å². The fraction of sp³-hybridized carbons (Fsp3) is 0.500. The lowest BCUT2D eigenvalue weighted by Crippen LogP contribution is -2.43. The lowest BCUT2D eigenvalue weighted by Gasteiger charge is -2.30. The standard InChI is InChI=1S/C22H28N2O6/c1-3-28-18-12-17-10-14(2)30-19(17)11-16(18)4-5-21(26)29-13-20(25)24-8-6-15(7-9-24)22(23)27/h4-5,11-12,14-15H,3,6-10,13H2,1-2H3,(H2,23,27)/b5-4+/t14-/m1/s1. The Labute approximate surface area is 175 Å². The van der Waals surface area contributed by atoms with Gasteiger partial charge in [0.05, 0.1) is 6.61 Å². The van der Waals surface area contributed by atoms with Gasteiger partial charge in [-0.3, -0.25) is 9.59 Å². The van der Waals surface area contributed by atoms with Crippen molar-refractivity contribution in [3.05, 3.63) is 29.3 Å². The monoisotopic (exact) mass is 416 g/mol. The van der Waals surface area contributed by atoms with Crippen LogP contribution in [0, 0.1) is 5.92 Å². The van der Waals surface area contributed by atoms with Crippen LogP contribution in [0.4, 0.5) is 0 Å². The van der Waals surface area contributed by atoms with Crippen LogP contribution in [0.3, 0.4) is 0 Å². The summed E-state index contributed by atoms with van der Waals surface area (Å²) < 4.78 is 16.5. The number of ether oxygens (including phenoxy) is 3. The van der Waals surface area contributed by atoms with Gasteiger partial charge in [0.25, 0.3) is 5.91 Å². The molecule has 2 amide bonds. The van der Waals surface area contributed by atoms with Gasteiger partial charge in [-0.1, -0.05) is 0 Å². The van der Waals surface area contributed by atoms with E-state index >= 15 is 0 Å². The van der Waals surface area contributed by atoms with Crippen LogP contribution in [-0.4, -0.2) is 55.1 Å². The van der Waals surface area contributed by atoms with E-state index in [-0.39, 0.29) is 30.4 Å². The van der Waals surface area contributed by atoms with Crippen molar-refractivity contribution in [2.45, 2.75) is 39.2 Å². The summed E-state index contributed by atoms with van der Waals surface area (Å²) in [5.41, 5.74) is 7.09. The van der Waals surface area contributed by atoms with Crippen molar-refractivity contribution in [3.63, 3.8) is 0 Å². The van der Waals surface area contributed by atoms with Gasteiger partial charge < -0.3 is 24.8 Å². The number of nitrogens with two attached hydrogens (primary N) is 1. The molecule has 2 heterocycles. The number of amides is 2. The molecule has 8 heteroatoms. The van der Waals surface area contributed by atoms with Crippen LogP contribution in [0.15, 0.2) is 18.2 Å². The van der Waals surface area contributed by atoms with Gasteiger partial charge in [0.2, 0.25) is 5.91 Å². The zero-order valence-corrected chi connectivity index (χ0v) is 17.4. The van der Waals surface area contributed by atoms with Crippen molar-refractivity contribution in [2.24, 2.45) is 11.7 Å². The highest BCUT2D eigenvalue weighted by molar-refractivity contribution is 5.90. The van der Waals surface area contributed by atoms with E-state index in [1.165, 1.54) is 6.08 Å². The quantitative estimate of drug-likeness (QED) is 0.535. The third-order valence-electron chi connectivity index (χ3n) is 5.32. The Balaban J connectivity index is 1.54. The van der Waals surface area contributed by atoms with E-state index in [0.717, 1.165) is 17.7 Å². The number of piperidine rings is 1. The molecule has 0 unspecified atom stereocenters. The number of nitrogens with zero attached hydrogens (tertiary/aromatic N) is 1. The lowest BCUT2D eigenvalue weighted by atomic mass is 9.96. The zero-order valence-electron chi connectivity index (χ0n) is 17.4. The maximum absolute atomic E-state index is 12.2. The van der Waals surface area contributed by atoms with Crippen molar-refractivity contribution in [3.8, 4) is 11.5 Å². The van der Waals surface area contributed by atoms with Crippen molar-refractivity contribution < 1.29 is 28.6 Å². The summed E-state index contributed by atoms with van der Waals surface area (Å²) in [6.45, 7) is 4.93. The largest absolute Gasteiger partial charge is 0.493 e. The van der Waals surface area contributed by atoms with Crippen LogP contribution >= 0.6 is 0 Å². The summed E-state index contributed by atoms with van der Waals surface area (Å²) in [6, 6.07) is 3.79. The van der Waals surface area contributed by atoms with Gasteiger partial charge in [-0.15, -0.1) is 0 Å². The highest BCUT2D eigenvalue weighted by Gasteiger charge is 2.26. The van der Waals surface area contributed by atoms with Crippen LogP contribution in [-0.2, 0) is 25.5 Å². The summed E-state index contributed by atoms with van der Waals surface area (Å²) in [6.07, 6.45) is 4.87. The number of rotatable bonds is 7. The lowest BCUT2D eigenvalue weighted by molar-refractivity contribution is -0.149. The van der Waals surface area contributed by atoms with Crippen molar-refractivity contribution in [1.29, 1.82) is 0 Å². The van der Waals surface area contributed by atoms with Gasteiger partial charge in [0.1, 0.15) is 17.6 Å². The number of likely N-dealkylation sites (tertiary alicyclic amines) is 1. The molecule has 1 fully saturated rings. The molecule has 3 rings (SSSR count). The van der Waals surface area contributed by atoms with E-state index in [1.807, 2.05) is 26.0 Å². The molecule has 1 aromatic carbocycles. The normalized spacial score (nSPS) is 18.7. The molecular weight excluding hydrogens is 388 g/mol. The Morgan fingerprint density at radius 3 is 2.67 bits per heavy atom. The molecule has 1 aromatic rings. The van der Waals surface area contributed by atoms with Gasteiger partial charge in [-0.05, 0) is 44.9 Å². The van der Waals surface area contributed by atoms with Gasteiger partial charge in [0, 0.05) is 42.6 Å². The van der Waals surface area contributed by atoms with E-state index in [0.29, 0.717) is 43.9 Å². The van der Waals surface area contributed by atoms with Gasteiger partial charge in [-0.2, -0.15) is 0 Å². The third-order valence-corrected chi connectivity index (χ3v) is 5.32. The molecule has 8 nitrogen and oxygen atoms in total. The minimum atomic E-state index is -0.618. The van der Waals surface area contributed by atoms with Gasteiger partial charge in [-0.25, -0.2) is 4.79 Å². The molecule has 0 aromatic heterocycles. The molecule has 2 aliphatic heterocycles. The summed E-state index contributed by atoms with van der Waals surface area (Å²) in [5, 5.41) is 0. The third kappa shape index (κ3) is 5.31. The first-order valence-corrected chi connectivity index (χ1v) is 10.3. The summed E-state index contributed by atoms with van der Waals surface area (Å²) in [4.78, 5) is 37.1. The topological polar surface area (TPSA) is 108 Å². The first-order valence-electron chi connectivity index (χ1n) is 10.3.